The minimum Gasteiger partial charge on any atom is -0.326 e. The van der Waals surface area contributed by atoms with E-state index < -0.39 is 0 Å². The molecular weight excluding hydrogens is 376 g/mol. The number of hydrogen-bond donors (Lipinski definition) is 2. The van der Waals surface area contributed by atoms with Gasteiger partial charge in [-0.1, -0.05) is 18.6 Å². The van der Waals surface area contributed by atoms with Crippen molar-refractivity contribution in [1.29, 1.82) is 0 Å². The van der Waals surface area contributed by atoms with Crippen LogP contribution in [0.3, 0.4) is 0 Å². The molecule has 0 saturated heterocycles. The van der Waals surface area contributed by atoms with E-state index in [0.29, 0.717) is 18.4 Å². The van der Waals surface area contributed by atoms with Crippen LogP contribution < -0.4 is 10.6 Å². The molecule has 0 atom stereocenters. The zero-order chi connectivity index (χ0) is 21.1. The number of likely N-dealkylation sites (N-methyl/N-ethyl adjacent to an activating group) is 1. The highest BCUT2D eigenvalue weighted by Gasteiger charge is 2.23. The molecule has 7 nitrogen and oxygen atoms in total. The first-order valence-corrected chi connectivity index (χ1v) is 10.6. The molecule has 4 rings (SSSR count). The van der Waals surface area contributed by atoms with Crippen LogP contribution in [0.1, 0.15) is 36.2 Å². The van der Waals surface area contributed by atoms with E-state index in [4.69, 9.17) is 0 Å². The summed E-state index contributed by atoms with van der Waals surface area (Å²) in [6, 6.07) is 6.86. The number of hydrogen-bond acceptors (Lipinski definition) is 5. The lowest BCUT2D eigenvalue weighted by molar-refractivity contribution is -0.122. The van der Waals surface area contributed by atoms with Crippen molar-refractivity contribution in [2.75, 3.05) is 20.1 Å². The number of amides is 1. The Morgan fingerprint density at radius 1 is 1.47 bits per heavy atom. The van der Waals surface area contributed by atoms with Crippen molar-refractivity contribution < 1.29 is 4.79 Å². The van der Waals surface area contributed by atoms with Gasteiger partial charge in [0.25, 0.3) is 0 Å². The first-order chi connectivity index (χ1) is 14.5. The number of nitrogens with zero attached hydrogens (tertiary/aromatic N) is 4. The minimum atomic E-state index is -0.0609. The Morgan fingerprint density at radius 2 is 2.30 bits per heavy atom. The normalized spacial score (nSPS) is 16.8. The first-order valence-electron chi connectivity index (χ1n) is 10.6. The highest BCUT2D eigenvalue weighted by atomic mass is 16.2. The molecule has 2 heterocycles. The summed E-state index contributed by atoms with van der Waals surface area (Å²) in [5, 5.41) is 6.26. The third-order valence-electron chi connectivity index (χ3n) is 6.13. The summed E-state index contributed by atoms with van der Waals surface area (Å²) in [6.07, 6.45) is 7.43. The number of carbonyl (C=O) groups excluding carboxylic acids is 1. The molecule has 0 bridgehead atoms. The van der Waals surface area contributed by atoms with Crippen LogP contribution in [0, 0.1) is 6.92 Å². The molecule has 1 aliphatic carbocycles. The van der Waals surface area contributed by atoms with Gasteiger partial charge < -0.3 is 15.2 Å². The molecule has 0 spiro atoms. The van der Waals surface area contributed by atoms with Crippen molar-refractivity contribution in [1.82, 2.24) is 25.1 Å². The van der Waals surface area contributed by atoms with Crippen molar-refractivity contribution in [3.63, 3.8) is 0 Å². The molecule has 2 N–H and O–H groups in total. The molecule has 1 saturated carbocycles. The third-order valence-corrected chi connectivity index (χ3v) is 6.13. The summed E-state index contributed by atoms with van der Waals surface area (Å²) >= 11 is 0. The molecule has 0 radical (unpaired) electrons. The molecule has 1 fully saturated rings. The third kappa shape index (κ3) is 4.37. The number of rotatable bonds is 7. The highest BCUT2D eigenvalue weighted by Crippen LogP contribution is 2.26. The van der Waals surface area contributed by atoms with Crippen molar-refractivity contribution in [3.8, 4) is 11.3 Å². The molecule has 1 aliphatic heterocycles. The number of aliphatic imine (C=N–C) groups is 1. The molecule has 1 amide bonds. The standard InChI is InChI=1S/C23H30N6O/c1-16-7-8-17(20-13-26-22-14-25-9-10-29(20)22)11-18(16)12-21(24-2)27-23(30)15-28(3)19-5-4-6-19/h7-8,11-13,19,25H,2,4-6,9-10,14-15H2,1,3H3,(H,27,30)/b21-12+. The predicted molar refractivity (Wildman–Crippen MR) is 120 cm³/mol. The largest absolute Gasteiger partial charge is 0.326 e. The Kier molecular flexibility index (Phi) is 6.11. The summed E-state index contributed by atoms with van der Waals surface area (Å²) in [7, 11) is 2.00. The molecule has 158 valence electrons. The number of fused-ring (bicyclic) bond motifs is 1. The molecule has 0 unspecified atom stereocenters. The molecule has 2 aliphatic rings. The fraction of sp³-hybridized carbons (Fsp3) is 0.435. The summed E-state index contributed by atoms with van der Waals surface area (Å²) < 4.78 is 2.26. The van der Waals surface area contributed by atoms with Crippen molar-refractivity contribution in [2.24, 2.45) is 4.99 Å². The zero-order valence-corrected chi connectivity index (χ0v) is 17.8. The van der Waals surface area contributed by atoms with Gasteiger partial charge in [-0.15, -0.1) is 0 Å². The Balaban J connectivity index is 1.52. The fourth-order valence-electron chi connectivity index (χ4n) is 4.02. The lowest BCUT2D eigenvalue weighted by Crippen LogP contribution is -2.43. The maximum atomic E-state index is 12.5. The van der Waals surface area contributed by atoms with Crippen molar-refractivity contribution >= 4 is 18.7 Å². The van der Waals surface area contributed by atoms with Gasteiger partial charge in [0.05, 0.1) is 25.0 Å². The van der Waals surface area contributed by atoms with Crippen LogP contribution in [0.25, 0.3) is 17.3 Å². The molecule has 2 aromatic rings. The average molecular weight is 407 g/mol. The van der Waals surface area contributed by atoms with Crippen LogP contribution in [-0.2, 0) is 17.9 Å². The quantitative estimate of drug-likeness (QED) is 0.693. The number of carbonyl (C=O) groups is 1. The van der Waals surface area contributed by atoms with Gasteiger partial charge >= 0.3 is 0 Å². The van der Waals surface area contributed by atoms with E-state index in [1.165, 1.54) is 19.3 Å². The van der Waals surface area contributed by atoms with E-state index in [1.807, 2.05) is 19.3 Å². The summed E-state index contributed by atoms with van der Waals surface area (Å²) in [5.74, 6) is 1.47. The lowest BCUT2D eigenvalue weighted by Gasteiger charge is -2.34. The van der Waals surface area contributed by atoms with Crippen LogP contribution in [0.15, 0.2) is 35.2 Å². The Morgan fingerprint density at radius 3 is 3.03 bits per heavy atom. The van der Waals surface area contributed by atoms with Crippen molar-refractivity contribution in [2.45, 2.75) is 45.3 Å². The highest BCUT2D eigenvalue weighted by molar-refractivity contribution is 5.81. The minimum absolute atomic E-state index is 0.0609. The summed E-state index contributed by atoms with van der Waals surface area (Å²) in [4.78, 5) is 23.2. The number of nitrogens with one attached hydrogen (secondary N) is 2. The molecule has 7 heteroatoms. The van der Waals surface area contributed by atoms with Gasteiger partial charge in [-0.2, -0.15) is 0 Å². The second-order valence-electron chi connectivity index (χ2n) is 8.20. The van der Waals surface area contributed by atoms with Gasteiger partial charge in [-0.3, -0.25) is 9.69 Å². The summed E-state index contributed by atoms with van der Waals surface area (Å²) in [5.41, 5.74) is 4.33. The van der Waals surface area contributed by atoms with Gasteiger partial charge in [0.2, 0.25) is 5.91 Å². The van der Waals surface area contributed by atoms with Gasteiger partial charge in [0.15, 0.2) is 0 Å². The topological polar surface area (TPSA) is 74.5 Å². The Bertz CT molecular complexity index is 972. The van der Waals surface area contributed by atoms with E-state index in [-0.39, 0.29) is 5.91 Å². The second-order valence-corrected chi connectivity index (χ2v) is 8.20. The predicted octanol–water partition coefficient (Wildman–Crippen LogP) is 2.56. The van der Waals surface area contributed by atoms with Crippen LogP contribution in [0.5, 0.6) is 0 Å². The number of benzene rings is 1. The van der Waals surface area contributed by atoms with Crippen LogP contribution >= 0.6 is 0 Å². The Hall–Kier alpha value is -2.77. The fourth-order valence-corrected chi connectivity index (χ4v) is 4.02. The van der Waals surface area contributed by atoms with Crippen LogP contribution in [-0.4, -0.2) is 53.3 Å². The summed E-state index contributed by atoms with van der Waals surface area (Å²) in [6.45, 7) is 8.72. The molecule has 1 aromatic carbocycles. The molecule has 30 heavy (non-hydrogen) atoms. The monoisotopic (exact) mass is 406 g/mol. The van der Waals surface area contributed by atoms with Gasteiger partial charge in [-0.05, 0) is 56.8 Å². The first kappa shape index (κ1) is 20.5. The van der Waals surface area contributed by atoms with Gasteiger partial charge in [0.1, 0.15) is 11.6 Å². The maximum absolute atomic E-state index is 12.5. The van der Waals surface area contributed by atoms with E-state index in [9.17, 15) is 4.79 Å². The zero-order valence-electron chi connectivity index (χ0n) is 17.8. The SMILES string of the molecule is C=N/C(=C\c1cc(-c2cnc3n2CCNC3)ccc1C)NC(=O)CN(C)C1CCC1. The van der Waals surface area contributed by atoms with E-state index in [2.05, 4.69) is 61.9 Å². The average Bonchev–Trinajstić information content (AvgIpc) is 3.11. The van der Waals surface area contributed by atoms with Crippen LogP contribution in [0.2, 0.25) is 0 Å². The number of imidazole rings is 1. The maximum Gasteiger partial charge on any atom is 0.239 e. The van der Waals surface area contributed by atoms with E-state index in [1.54, 1.807) is 0 Å². The van der Waals surface area contributed by atoms with E-state index in [0.717, 1.165) is 47.8 Å². The smallest absolute Gasteiger partial charge is 0.239 e. The molecular formula is C23H30N6O. The van der Waals surface area contributed by atoms with Gasteiger partial charge in [0, 0.05) is 24.7 Å². The molecule has 1 aromatic heterocycles. The van der Waals surface area contributed by atoms with Crippen molar-refractivity contribution in [3.05, 3.63) is 47.2 Å². The number of aromatic nitrogens is 2. The van der Waals surface area contributed by atoms with Gasteiger partial charge in [-0.25, -0.2) is 9.98 Å². The lowest BCUT2D eigenvalue weighted by atomic mass is 9.92. The number of aryl methyl sites for hydroxylation is 1. The van der Waals surface area contributed by atoms with Crippen LogP contribution in [0.4, 0.5) is 0 Å². The second kappa shape index (κ2) is 8.93. The Labute approximate surface area is 177 Å². The van der Waals surface area contributed by atoms with E-state index >= 15 is 0 Å².